The second kappa shape index (κ2) is 10.1. The van der Waals surface area contributed by atoms with Gasteiger partial charge in [-0.2, -0.15) is 10.2 Å². The van der Waals surface area contributed by atoms with E-state index >= 15 is 0 Å². The standard InChI is InChI=1S/C20H18N4O5S.Na/c1-12-4-3-5-16(13(12)2)22-24-19-18(25)11-10-17(20(19)26)23-21-14-6-8-15(9-7-14)30(27,28)29;/h3-11,21-22H,1-2H3,(H,27,28,29);/q;+1/p-1. The van der Waals surface area contributed by atoms with Gasteiger partial charge in [0.1, 0.15) is 15.5 Å². The molecule has 3 rings (SSSR count). The van der Waals surface area contributed by atoms with Crippen LogP contribution >= 0.6 is 0 Å². The van der Waals surface area contributed by atoms with Crippen LogP contribution in [-0.4, -0.2) is 13.0 Å². The Hall–Kier alpha value is -2.63. The minimum absolute atomic E-state index is 0. The third-order valence-corrected chi connectivity index (χ3v) is 5.26. The van der Waals surface area contributed by atoms with Crippen molar-refractivity contribution < 1.29 is 42.5 Å². The fourth-order valence-electron chi connectivity index (χ4n) is 2.55. The van der Waals surface area contributed by atoms with Crippen LogP contribution in [0.5, 0.6) is 0 Å². The fraction of sp³-hybridized carbons (Fsp3) is 0.100. The molecule has 0 unspecified atom stereocenters. The van der Waals surface area contributed by atoms with Crippen molar-refractivity contribution in [3.63, 3.8) is 0 Å². The summed E-state index contributed by atoms with van der Waals surface area (Å²) in [5, 5.41) is 7.54. The van der Waals surface area contributed by atoms with E-state index in [1.165, 1.54) is 24.3 Å². The van der Waals surface area contributed by atoms with Gasteiger partial charge in [0.15, 0.2) is 5.36 Å². The predicted molar refractivity (Wildman–Crippen MR) is 110 cm³/mol. The van der Waals surface area contributed by atoms with E-state index in [0.717, 1.165) is 23.3 Å². The molecule has 3 aromatic carbocycles. The second-order valence-corrected chi connectivity index (χ2v) is 7.81. The molecule has 31 heavy (non-hydrogen) atoms. The zero-order valence-electron chi connectivity index (χ0n) is 17.0. The Morgan fingerprint density at radius 1 is 0.871 bits per heavy atom. The van der Waals surface area contributed by atoms with Gasteiger partial charge in [0.25, 0.3) is 0 Å². The first-order valence-electron chi connectivity index (χ1n) is 8.73. The molecule has 0 saturated carbocycles. The van der Waals surface area contributed by atoms with E-state index in [9.17, 15) is 22.6 Å². The SMILES string of the molecule is Cc1cccc(NN=c2c(=O)ccc(=NNc3ccc(S(=O)(=O)[O-])cc3)c2=O)c1C.[Na+]. The maximum atomic E-state index is 12.6. The van der Waals surface area contributed by atoms with Gasteiger partial charge >= 0.3 is 29.6 Å². The van der Waals surface area contributed by atoms with E-state index in [2.05, 4.69) is 21.1 Å². The van der Waals surface area contributed by atoms with Crippen LogP contribution in [0.3, 0.4) is 0 Å². The van der Waals surface area contributed by atoms with Gasteiger partial charge in [0.2, 0.25) is 10.9 Å². The summed E-state index contributed by atoms with van der Waals surface area (Å²) in [7, 11) is -4.55. The molecule has 0 aliphatic heterocycles. The van der Waals surface area contributed by atoms with Gasteiger partial charge in [-0.05, 0) is 67.4 Å². The van der Waals surface area contributed by atoms with E-state index in [0.29, 0.717) is 11.4 Å². The van der Waals surface area contributed by atoms with Crippen molar-refractivity contribution in [1.82, 2.24) is 0 Å². The molecular weight excluding hydrogens is 431 g/mol. The molecule has 0 spiro atoms. The average molecular weight is 448 g/mol. The zero-order chi connectivity index (χ0) is 21.9. The minimum atomic E-state index is -4.55. The minimum Gasteiger partial charge on any atom is -0.744 e. The quantitative estimate of drug-likeness (QED) is 0.253. The van der Waals surface area contributed by atoms with E-state index < -0.39 is 21.0 Å². The Morgan fingerprint density at radius 3 is 2.19 bits per heavy atom. The van der Waals surface area contributed by atoms with Crippen LogP contribution in [-0.2, 0) is 10.1 Å². The van der Waals surface area contributed by atoms with Crippen molar-refractivity contribution in [1.29, 1.82) is 0 Å². The Labute approximate surface area is 199 Å². The van der Waals surface area contributed by atoms with Crippen LogP contribution < -0.4 is 62.0 Å². The molecule has 0 fully saturated rings. The number of nitrogens with zero attached hydrogens (tertiary/aromatic N) is 2. The summed E-state index contributed by atoms with van der Waals surface area (Å²) in [4.78, 5) is 24.3. The molecule has 0 aromatic heterocycles. The van der Waals surface area contributed by atoms with Gasteiger partial charge in [-0.25, -0.2) is 8.42 Å². The molecule has 0 aliphatic carbocycles. The summed E-state index contributed by atoms with van der Waals surface area (Å²) >= 11 is 0. The first-order chi connectivity index (χ1) is 14.2. The molecule has 0 radical (unpaired) electrons. The van der Waals surface area contributed by atoms with Crippen LogP contribution in [0.1, 0.15) is 11.1 Å². The van der Waals surface area contributed by atoms with Crippen molar-refractivity contribution in [3.8, 4) is 0 Å². The van der Waals surface area contributed by atoms with Crippen molar-refractivity contribution >= 4 is 21.5 Å². The Kier molecular flexibility index (Phi) is 8.04. The largest absolute Gasteiger partial charge is 1.00 e. The van der Waals surface area contributed by atoms with Gasteiger partial charge < -0.3 is 4.55 Å². The van der Waals surface area contributed by atoms with E-state index in [1.807, 2.05) is 26.0 Å². The number of hydrogen-bond donors (Lipinski definition) is 2. The summed E-state index contributed by atoms with van der Waals surface area (Å²) in [6.07, 6.45) is 0. The summed E-state index contributed by atoms with van der Waals surface area (Å²) in [5.74, 6) is 0. The van der Waals surface area contributed by atoms with Crippen LogP contribution in [0.4, 0.5) is 11.4 Å². The molecule has 0 saturated heterocycles. The van der Waals surface area contributed by atoms with Crippen LogP contribution in [0.25, 0.3) is 0 Å². The first-order valence-corrected chi connectivity index (χ1v) is 10.1. The zero-order valence-corrected chi connectivity index (χ0v) is 19.9. The van der Waals surface area contributed by atoms with Crippen LogP contribution in [0.2, 0.25) is 0 Å². The van der Waals surface area contributed by atoms with Gasteiger partial charge in [-0.3, -0.25) is 20.4 Å². The van der Waals surface area contributed by atoms with Gasteiger partial charge in [-0.15, -0.1) is 0 Å². The molecule has 2 N–H and O–H groups in total. The molecule has 0 aliphatic rings. The van der Waals surface area contributed by atoms with Crippen molar-refractivity contribution in [2.24, 2.45) is 10.2 Å². The molecule has 0 atom stereocenters. The van der Waals surface area contributed by atoms with Gasteiger partial charge in [0.05, 0.1) is 16.3 Å². The second-order valence-electron chi connectivity index (χ2n) is 6.43. The maximum absolute atomic E-state index is 12.6. The number of hydrogen-bond acceptors (Lipinski definition) is 9. The van der Waals surface area contributed by atoms with Crippen LogP contribution in [0.15, 0.2) is 79.3 Å². The Balaban J connectivity index is 0.00000341. The molecule has 0 heterocycles. The van der Waals surface area contributed by atoms with Crippen molar-refractivity contribution in [3.05, 3.63) is 96.9 Å². The molecule has 154 valence electrons. The molecule has 0 bridgehead atoms. The number of anilines is 2. The summed E-state index contributed by atoms with van der Waals surface area (Å²) in [6.45, 7) is 3.82. The molecular formula is C20H17N4NaO5S. The third kappa shape index (κ3) is 5.96. The van der Waals surface area contributed by atoms with E-state index in [4.69, 9.17) is 0 Å². The smallest absolute Gasteiger partial charge is 0.744 e. The average Bonchev–Trinajstić information content (AvgIpc) is 2.70. The fourth-order valence-corrected chi connectivity index (χ4v) is 3.02. The number of aryl methyl sites for hydroxylation is 1. The summed E-state index contributed by atoms with van der Waals surface area (Å²) in [5.41, 5.74) is 7.09. The predicted octanol–water partition coefficient (Wildman–Crippen LogP) is -2.34. The first kappa shape index (κ1) is 24.6. The number of nitrogens with one attached hydrogen (secondary N) is 2. The van der Waals surface area contributed by atoms with E-state index in [-0.39, 0.29) is 45.2 Å². The number of rotatable bonds is 5. The Morgan fingerprint density at radius 2 is 1.55 bits per heavy atom. The normalized spacial score (nSPS) is 12.4. The molecule has 3 aromatic rings. The summed E-state index contributed by atoms with van der Waals surface area (Å²) < 4.78 is 32.9. The maximum Gasteiger partial charge on any atom is 1.00 e. The molecule has 9 nitrogen and oxygen atoms in total. The van der Waals surface area contributed by atoms with Crippen molar-refractivity contribution in [2.75, 3.05) is 10.9 Å². The van der Waals surface area contributed by atoms with Crippen LogP contribution in [0, 0.1) is 13.8 Å². The summed E-state index contributed by atoms with van der Waals surface area (Å²) in [6, 6.07) is 12.9. The third-order valence-electron chi connectivity index (χ3n) is 4.41. The monoisotopic (exact) mass is 448 g/mol. The van der Waals surface area contributed by atoms with E-state index in [1.54, 1.807) is 6.07 Å². The topological polar surface area (TPSA) is 140 Å². The molecule has 0 amide bonds. The van der Waals surface area contributed by atoms with Crippen molar-refractivity contribution in [2.45, 2.75) is 18.7 Å². The molecule has 11 heteroatoms. The van der Waals surface area contributed by atoms with Gasteiger partial charge in [0, 0.05) is 0 Å². The number of benzene rings is 3. The Bertz CT molecular complexity index is 1430. The van der Waals surface area contributed by atoms with Gasteiger partial charge in [-0.1, -0.05) is 12.1 Å².